The van der Waals surface area contributed by atoms with E-state index in [9.17, 15) is 4.79 Å². The molecule has 206 valence electrons. The number of rotatable bonds is 2. The number of aryl methyl sites for hydroxylation is 1. The van der Waals surface area contributed by atoms with Crippen LogP contribution in [0.25, 0.3) is 33.6 Å². The summed E-state index contributed by atoms with van der Waals surface area (Å²) in [6.07, 6.45) is 2.48. The van der Waals surface area contributed by atoms with E-state index in [4.69, 9.17) is 14.5 Å². The molecule has 5 aromatic rings. The zero-order chi connectivity index (χ0) is 28.0. The Morgan fingerprint density at radius 3 is 2.70 bits per heavy atom. The third-order valence-electron chi connectivity index (χ3n) is 7.90. The molecular formula is C31H30F2N4O3. The topological polar surface area (TPSA) is 71.2 Å². The second-order valence-corrected chi connectivity index (χ2v) is 10.3. The molecule has 1 aliphatic rings. The Morgan fingerprint density at radius 2 is 1.90 bits per heavy atom. The number of benzene rings is 2. The number of fused-ring (bicyclic) bond motifs is 9. The summed E-state index contributed by atoms with van der Waals surface area (Å²) in [5, 5.41) is 0.934. The van der Waals surface area contributed by atoms with E-state index in [1.54, 1.807) is 38.4 Å². The molecule has 6 rings (SSSR count). The minimum atomic E-state index is -2.83. The van der Waals surface area contributed by atoms with Crippen LogP contribution in [0.1, 0.15) is 53.6 Å². The van der Waals surface area contributed by atoms with Crippen molar-refractivity contribution in [3.63, 3.8) is 0 Å². The zero-order valence-electron chi connectivity index (χ0n) is 22.7. The van der Waals surface area contributed by atoms with Gasteiger partial charge >= 0.3 is 5.97 Å². The lowest BCUT2D eigenvalue weighted by atomic mass is 9.90. The lowest BCUT2D eigenvalue weighted by molar-refractivity contribution is -0.0327. The van der Waals surface area contributed by atoms with Crippen LogP contribution >= 0.6 is 0 Å². The summed E-state index contributed by atoms with van der Waals surface area (Å²) in [7, 11) is 2.88. The number of hydrogen-bond donors (Lipinski definition) is 0. The second kappa shape index (κ2) is 10.0. The minimum absolute atomic E-state index is 0.188. The quantitative estimate of drug-likeness (QED) is 0.228. The number of imidazole rings is 1. The van der Waals surface area contributed by atoms with E-state index in [2.05, 4.69) is 9.55 Å². The highest BCUT2D eigenvalue weighted by atomic mass is 19.3. The highest BCUT2D eigenvalue weighted by molar-refractivity contribution is 5.97. The SMILES string of the molecule is COC(=O)c1cc(OC)c2c(c1)nc1n2Cc2cccc(c2)C(C)C(F)(F)CCCCn2c-1cc1cccnc12. The maximum atomic E-state index is 15.3. The predicted molar refractivity (Wildman–Crippen MR) is 149 cm³/mol. The second-order valence-electron chi connectivity index (χ2n) is 10.3. The third-order valence-corrected chi connectivity index (χ3v) is 7.90. The molecule has 40 heavy (non-hydrogen) atoms. The largest absolute Gasteiger partial charge is 0.494 e. The molecule has 0 saturated heterocycles. The molecule has 0 aliphatic carbocycles. The van der Waals surface area contributed by atoms with Gasteiger partial charge in [0.25, 0.3) is 5.92 Å². The van der Waals surface area contributed by atoms with Crippen molar-refractivity contribution in [3.05, 3.63) is 77.5 Å². The third kappa shape index (κ3) is 4.39. The van der Waals surface area contributed by atoms with Crippen molar-refractivity contribution in [2.75, 3.05) is 14.2 Å². The fourth-order valence-corrected chi connectivity index (χ4v) is 5.70. The molecule has 2 bridgehead atoms. The van der Waals surface area contributed by atoms with Crippen molar-refractivity contribution in [2.24, 2.45) is 0 Å². The van der Waals surface area contributed by atoms with Crippen molar-refractivity contribution < 1.29 is 23.0 Å². The number of aromatic nitrogens is 4. The number of carbonyl (C=O) groups is 1. The molecule has 1 atom stereocenters. The Kier molecular flexibility index (Phi) is 6.52. The van der Waals surface area contributed by atoms with Gasteiger partial charge < -0.3 is 18.6 Å². The number of alkyl halides is 2. The molecule has 4 heterocycles. The van der Waals surface area contributed by atoms with E-state index >= 15 is 8.78 Å². The van der Waals surface area contributed by atoms with E-state index in [1.807, 2.05) is 41.0 Å². The summed E-state index contributed by atoms with van der Waals surface area (Å²) in [4.78, 5) is 22.1. The van der Waals surface area contributed by atoms with Crippen LogP contribution in [0.5, 0.6) is 5.75 Å². The molecule has 0 radical (unpaired) electrons. The van der Waals surface area contributed by atoms with Crippen LogP contribution in [0.2, 0.25) is 0 Å². The summed E-state index contributed by atoms with van der Waals surface area (Å²) in [5.41, 5.74) is 4.65. The molecular weight excluding hydrogens is 514 g/mol. The molecule has 3 aromatic heterocycles. The molecule has 0 N–H and O–H groups in total. The first-order chi connectivity index (χ1) is 19.3. The summed E-state index contributed by atoms with van der Waals surface area (Å²) >= 11 is 0. The van der Waals surface area contributed by atoms with Gasteiger partial charge in [0.1, 0.15) is 16.9 Å². The van der Waals surface area contributed by atoms with Gasteiger partial charge in [0, 0.05) is 37.0 Å². The van der Waals surface area contributed by atoms with Crippen molar-refractivity contribution in [1.29, 1.82) is 0 Å². The monoisotopic (exact) mass is 544 g/mol. The van der Waals surface area contributed by atoms with Gasteiger partial charge in [-0.25, -0.2) is 23.5 Å². The Bertz CT molecular complexity index is 1740. The molecule has 7 nitrogen and oxygen atoms in total. The summed E-state index contributed by atoms with van der Waals surface area (Å²) in [5.74, 6) is -3.10. The summed E-state index contributed by atoms with van der Waals surface area (Å²) in [6, 6.07) is 16.6. The van der Waals surface area contributed by atoms with E-state index in [0.717, 1.165) is 22.3 Å². The van der Waals surface area contributed by atoms with E-state index in [-0.39, 0.29) is 6.42 Å². The molecule has 0 saturated carbocycles. The van der Waals surface area contributed by atoms with E-state index in [0.29, 0.717) is 59.7 Å². The highest BCUT2D eigenvalue weighted by Crippen LogP contribution is 2.39. The standard InChI is InChI=1S/C31H30F2N4O3/c1-19-21-9-6-8-20(14-21)18-37-27-24(15-23(30(38)40-3)17-26(27)39-2)35-29(37)25-16-22-10-7-12-34-28(22)36(25)13-5-4-11-31(19,32)33/h6-10,12,14-17,19H,4-5,11,13,18H2,1-3H3. The summed E-state index contributed by atoms with van der Waals surface area (Å²) in [6.45, 7) is 2.47. The minimum Gasteiger partial charge on any atom is -0.494 e. The number of nitrogens with zero attached hydrogens (tertiary/aromatic N) is 4. The van der Waals surface area contributed by atoms with Gasteiger partial charge in [0.2, 0.25) is 0 Å². The van der Waals surface area contributed by atoms with Gasteiger partial charge in [0.05, 0.1) is 31.0 Å². The maximum absolute atomic E-state index is 15.3. The zero-order valence-corrected chi connectivity index (χ0v) is 22.7. The van der Waals surface area contributed by atoms with Gasteiger partial charge in [-0.05, 0) is 54.3 Å². The number of pyridine rings is 1. The first-order valence-corrected chi connectivity index (χ1v) is 13.4. The van der Waals surface area contributed by atoms with E-state index in [1.165, 1.54) is 7.11 Å². The number of carbonyl (C=O) groups excluding carboxylic acids is 1. The first kappa shape index (κ1) is 26.0. The number of halogens is 2. The Labute approximate surface area is 230 Å². The highest BCUT2D eigenvalue weighted by Gasteiger charge is 2.37. The van der Waals surface area contributed by atoms with Gasteiger partial charge in [-0.2, -0.15) is 0 Å². The van der Waals surface area contributed by atoms with Gasteiger partial charge in [-0.1, -0.05) is 31.2 Å². The molecule has 1 unspecified atom stereocenters. The first-order valence-electron chi connectivity index (χ1n) is 13.4. The van der Waals surface area contributed by atoms with E-state index < -0.39 is 17.8 Å². The molecule has 2 aromatic carbocycles. The van der Waals surface area contributed by atoms with Crippen LogP contribution in [0.4, 0.5) is 8.78 Å². The van der Waals surface area contributed by atoms with Gasteiger partial charge in [-0.3, -0.25) is 0 Å². The lowest BCUT2D eigenvalue weighted by Gasteiger charge is -2.25. The number of ether oxygens (including phenoxy) is 2. The fraction of sp³-hybridized carbons (Fsp3) is 0.323. The normalized spacial score (nSPS) is 17.2. The van der Waals surface area contributed by atoms with Crippen molar-refractivity contribution in [1.82, 2.24) is 19.1 Å². The fourth-order valence-electron chi connectivity index (χ4n) is 5.70. The molecule has 1 aliphatic heterocycles. The van der Waals surface area contributed by atoms with Crippen LogP contribution in [0.15, 0.2) is 60.8 Å². The Hall–Kier alpha value is -4.27. The Balaban J connectivity index is 1.65. The van der Waals surface area contributed by atoms with Crippen LogP contribution < -0.4 is 4.74 Å². The van der Waals surface area contributed by atoms with Gasteiger partial charge in [-0.15, -0.1) is 0 Å². The van der Waals surface area contributed by atoms with Crippen LogP contribution in [-0.2, 0) is 17.8 Å². The molecule has 0 amide bonds. The number of methoxy groups -OCH3 is 2. The smallest absolute Gasteiger partial charge is 0.338 e. The number of esters is 1. The van der Waals surface area contributed by atoms with Crippen LogP contribution in [0.3, 0.4) is 0 Å². The molecule has 0 fully saturated rings. The summed E-state index contributed by atoms with van der Waals surface area (Å²) < 4.78 is 45.4. The van der Waals surface area contributed by atoms with Gasteiger partial charge in [0.15, 0.2) is 5.82 Å². The van der Waals surface area contributed by atoms with Crippen LogP contribution in [0, 0.1) is 0 Å². The molecule has 0 spiro atoms. The van der Waals surface area contributed by atoms with Crippen LogP contribution in [-0.4, -0.2) is 45.2 Å². The predicted octanol–water partition coefficient (Wildman–Crippen LogP) is 6.82. The average Bonchev–Trinajstić information content (AvgIpc) is 3.51. The maximum Gasteiger partial charge on any atom is 0.338 e. The number of hydrogen-bond acceptors (Lipinski definition) is 5. The lowest BCUT2D eigenvalue weighted by Crippen LogP contribution is -2.24. The van der Waals surface area contributed by atoms with Crippen molar-refractivity contribution >= 4 is 28.0 Å². The Morgan fingerprint density at radius 1 is 1.05 bits per heavy atom. The van der Waals surface area contributed by atoms with Crippen molar-refractivity contribution in [2.45, 2.75) is 51.1 Å². The average molecular weight is 545 g/mol. The molecule has 9 heteroatoms. The van der Waals surface area contributed by atoms with Crippen molar-refractivity contribution in [3.8, 4) is 17.3 Å².